The maximum atomic E-state index is 6.05. The van der Waals surface area contributed by atoms with Crippen LogP contribution in [0.4, 0.5) is 5.95 Å². The molecule has 18 heavy (non-hydrogen) atoms. The zero-order valence-electron chi connectivity index (χ0n) is 11.1. The molecule has 0 saturated heterocycles. The number of ether oxygens (including phenoxy) is 1. The molecule has 3 rings (SSSR count). The maximum Gasteiger partial charge on any atom is 0.201 e. The SMILES string of the molecule is CC(C)Oc1cccc2c1nc(N)n2C1CC1C. The lowest BCUT2D eigenvalue weighted by molar-refractivity contribution is 0.245. The van der Waals surface area contributed by atoms with Crippen molar-refractivity contribution in [1.82, 2.24) is 9.55 Å². The summed E-state index contributed by atoms with van der Waals surface area (Å²) >= 11 is 0. The number of imidazole rings is 1. The fourth-order valence-corrected chi connectivity index (χ4v) is 2.47. The summed E-state index contributed by atoms with van der Waals surface area (Å²) in [5, 5.41) is 0. The number of hydrogen-bond acceptors (Lipinski definition) is 3. The molecule has 0 radical (unpaired) electrons. The normalized spacial score (nSPS) is 22.7. The minimum atomic E-state index is 0.141. The molecule has 2 N–H and O–H groups in total. The van der Waals surface area contributed by atoms with E-state index in [0.29, 0.717) is 17.9 Å². The summed E-state index contributed by atoms with van der Waals surface area (Å²) in [4.78, 5) is 4.48. The van der Waals surface area contributed by atoms with Gasteiger partial charge in [0.25, 0.3) is 0 Å². The van der Waals surface area contributed by atoms with E-state index >= 15 is 0 Å². The average molecular weight is 245 g/mol. The zero-order chi connectivity index (χ0) is 12.9. The lowest BCUT2D eigenvalue weighted by Crippen LogP contribution is -2.05. The van der Waals surface area contributed by atoms with Gasteiger partial charge in [0.15, 0.2) is 0 Å². The van der Waals surface area contributed by atoms with E-state index in [4.69, 9.17) is 10.5 Å². The van der Waals surface area contributed by atoms with Crippen LogP contribution in [0.15, 0.2) is 18.2 Å². The number of nitrogens with zero attached hydrogens (tertiary/aromatic N) is 2. The van der Waals surface area contributed by atoms with Gasteiger partial charge in [-0.25, -0.2) is 4.98 Å². The Hall–Kier alpha value is -1.71. The molecule has 1 aromatic carbocycles. The van der Waals surface area contributed by atoms with Gasteiger partial charge in [-0.05, 0) is 38.3 Å². The number of nitrogens with two attached hydrogens (primary N) is 1. The van der Waals surface area contributed by atoms with Crippen LogP contribution in [-0.4, -0.2) is 15.7 Å². The third-order valence-corrected chi connectivity index (χ3v) is 3.47. The van der Waals surface area contributed by atoms with Crippen molar-refractivity contribution in [1.29, 1.82) is 0 Å². The number of rotatable bonds is 3. The van der Waals surface area contributed by atoms with Crippen molar-refractivity contribution in [3.63, 3.8) is 0 Å². The van der Waals surface area contributed by atoms with E-state index in [1.165, 1.54) is 6.42 Å². The first-order valence-corrected chi connectivity index (χ1v) is 6.51. The van der Waals surface area contributed by atoms with E-state index in [9.17, 15) is 0 Å². The van der Waals surface area contributed by atoms with Crippen LogP contribution >= 0.6 is 0 Å². The largest absolute Gasteiger partial charge is 0.489 e. The highest BCUT2D eigenvalue weighted by atomic mass is 16.5. The predicted molar refractivity (Wildman–Crippen MR) is 72.7 cm³/mol. The number of nitrogen functional groups attached to an aromatic ring is 1. The molecule has 0 spiro atoms. The van der Waals surface area contributed by atoms with Crippen LogP contribution in [0.3, 0.4) is 0 Å². The van der Waals surface area contributed by atoms with Crippen LogP contribution in [0.1, 0.15) is 33.2 Å². The van der Waals surface area contributed by atoms with Gasteiger partial charge in [0.2, 0.25) is 5.95 Å². The lowest BCUT2D eigenvalue weighted by Gasteiger charge is -2.10. The predicted octanol–water partition coefficient (Wildman–Crippen LogP) is 2.99. The molecule has 4 heteroatoms. The molecule has 1 aliphatic rings. The first-order valence-electron chi connectivity index (χ1n) is 6.51. The monoisotopic (exact) mass is 245 g/mol. The Morgan fingerprint density at radius 2 is 2.17 bits per heavy atom. The van der Waals surface area contributed by atoms with Crippen LogP contribution in [0.2, 0.25) is 0 Å². The number of para-hydroxylation sites is 1. The van der Waals surface area contributed by atoms with Gasteiger partial charge in [-0.1, -0.05) is 13.0 Å². The molecule has 1 aromatic heterocycles. The minimum absolute atomic E-state index is 0.141. The van der Waals surface area contributed by atoms with E-state index in [1.54, 1.807) is 0 Å². The van der Waals surface area contributed by atoms with Gasteiger partial charge in [0.1, 0.15) is 11.3 Å². The molecule has 1 fully saturated rings. The molecule has 0 aliphatic heterocycles. The molecule has 2 aromatic rings. The van der Waals surface area contributed by atoms with E-state index in [2.05, 4.69) is 22.5 Å². The summed E-state index contributed by atoms with van der Waals surface area (Å²) in [6, 6.07) is 6.53. The lowest BCUT2D eigenvalue weighted by atomic mass is 10.3. The Morgan fingerprint density at radius 3 is 2.78 bits per heavy atom. The highest BCUT2D eigenvalue weighted by Gasteiger charge is 2.36. The van der Waals surface area contributed by atoms with Crippen LogP contribution in [0.5, 0.6) is 5.75 Å². The quantitative estimate of drug-likeness (QED) is 0.904. The van der Waals surface area contributed by atoms with Crippen LogP contribution in [-0.2, 0) is 0 Å². The number of aromatic nitrogens is 2. The third kappa shape index (κ3) is 1.72. The first kappa shape index (κ1) is 11.4. The van der Waals surface area contributed by atoms with Crippen molar-refractivity contribution in [3.8, 4) is 5.75 Å². The summed E-state index contributed by atoms with van der Waals surface area (Å²) in [5.41, 5.74) is 8.01. The standard InChI is InChI=1S/C14H19N3O/c1-8(2)18-12-6-4-5-10-13(12)16-14(15)17(10)11-7-9(11)3/h4-6,8-9,11H,7H2,1-3H3,(H2,15,16). The van der Waals surface area contributed by atoms with Gasteiger partial charge in [0.05, 0.1) is 11.6 Å². The summed E-state index contributed by atoms with van der Waals surface area (Å²) in [6.45, 7) is 6.27. The van der Waals surface area contributed by atoms with Crippen LogP contribution in [0, 0.1) is 5.92 Å². The fourth-order valence-electron chi connectivity index (χ4n) is 2.47. The summed E-state index contributed by atoms with van der Waals surface area (Å²) < 4.78 is 7.94. The van der Waals surface area contributed by atoms with Crippen molar-refractivity contribution in [3.05, 3.63) is 18.2 Å². The topological polar surface area (TPSA) is 53.1 Å². The van der Waals surface area contributed by atoms with Crippen LogP contribution < -0.4 is 10.5 Å². The molecule has 0 bridgehead atoms. The molecule has 2 unspecified atom stereocenters. The summed E-state index contributed by atoms with van der Waals surface area (Å²) in [7, 11) is 0. The summed E-state index contributed by atoms with van der Waals surface area (Å²) in [6.07, 6.45) is 1.33. The van der Waals surface area contributed by atoms with Crippen molar-refractivity contribution in [2.75, 3.05) is 5.73 Å². The van der Waals surface area contributed by atoms with E-state index in [0.717, 1.165) is 16.8 Å². The van der Waals surface area contributed by atoms with Gasteiger partial charge < -0.3 is 15.0 Å². The van der Waals surface area contributed by atoms with Crippen LogP contribution in [0.25, 0.3) is 11.0 Å². The van der Waals surface area contributed by atoms with Gasteiger partial charge in [-0.15, -0.1) is 0 Å². The second-order valence-electron chi connectivity index (χ2n) is 5.41. The molecule has 96 valence electrons. The number of anilines is 1. The maximum absolute atomic E-state index is 6.05. The van der Waals surface area contributed by atoms with Gasteiger partial charge >= 0.3 is 0 Å². The average Bonchev–Trinajstić information content (AvgIpc) is 2.88. The Balaban J connectivity index is 2.13. The fraction of sp³-hybridized carbons (Fsp3) is 0.500. The molecule has 0 amide bonds. The Labute approximate surface area is 107 Å². The second-order valence-corrected chi connectivity index (χ2v) is 5.41. The first-order chi connectivity index (χ1) is 8.58. The van der Waals surface area contributed by atoms with E-state index in [1.807, 2.05) is 26.0 Å². The highest BCUT2D eigenvalue weighted by molar-refractivity contribution is 5.84. The molecule has 4 nitrogen and oxygen atoms in total. The number of fused-ring (bicyclic) bond motifs is 1. The molecule has 1 saturated carbocycles. The van der Waals surface area contributed by atoms with E-state index < -0.39 is 0 Å². The molecule has 2 atom stereocenters. The molecular weight excluding hydrogens is 226 g/mol. The highest BCUT2D eigenvalue weighted by Crippen LogP contribution is 2.46. The Kier molecular flexibility index (Phi) is 2.47. The third-order valence-electron chi connectivity index (χ3n) is 3.47. The molecule has 1 aliphatic carbocycles. The Bertz CT molecular complexity index is 588. The smallest absolute Gasteiger partial charge is 0.201 e. The van der Waals surface area contributed by atoms with Gasteiger partial charge in [0, 0.05) is 6.04 Å². The van der Waals surface area contributed by atoms with Crippen molar-refractivity contribution in [2.24, 2.45) is 5.92 Å². The number of hydrogen-bond donors (Lipinski definition) is 1. The van der Waals surface area contributed by atoms with E-state index in [-0.39, 0.29) is 6.10 Å². The summed E-state index contributed by atoms with van der Waals surface area (Å²) in [5.74, 6) is 2.11. The second kappa shape index (κ2) is 3.90. The molecular formula is C14H19N3O. The number of benzene rings is 1. The van der Waals surface area contributed by atoms with Crippen molar-refractivity contribution < 1.29 is 4.74 Å². The van der Waals surface area contributed by atoms with Crippen molar-refractivity contribution in [2.45, 2.75) is 39.3 Å². The Morgan fingerprint density at radius 1 is 1.44 bits per heavy atom. The van der Waals surface area contributed by atoms with Gasteiger partial charge in [-0.2, -0.15) is 0 Å². The minimum Gasteiger partial charge on any atom is -0.489 e. The van der Waals surface area contributed by atoms with Crippen molar-refractivity contribution >= 4 is 17.0 Å². The van der Waals surface area contributed by atoms with Gasteiger partial charge in [-0.3, -0.25) is 0 Å². The zero-order valence-corrected chi connectivity index (χ0v) is 11.1. The molecule has 1 heterocycles.